The van der Waals surface area contributed by atoms with Crippen molar-refractivity contribution < 1.29 is 9.18 Å². The van der Waals surface area contributed by atoms with Gasteiger partial charge in [0, 0.05) is 4.47 Å². The van der Waals surface area contributed by atoms with Crippen molar-refractivity contribution in [2.45, 2.75) is 0 Å². The highest BCUT2D eigenvalue weighted by atomic mass is 79.9. The highest BCUT2D eigenvalue weighted by molar-refractivity contribution is 9.10. The highest BCUT2D eigenvalue weighted by Gasteiger charge is 2.08. The summed E-state index contributed by atoms with van der Waals surface area (Å²) >= 11 is 8.53. The molecule has 0 aliphatic rings. The van der Waals surface area contributed by atoms with Crippen LogP contribution in [-0.2, 0) is 4.79 Å². The van der Waals surface area contributed by atoms with Gasteiger partial charge in [-0.2, -0.15) is 4.99 Å². The summed E-state index contributed by atoms with van der Waals surface area (Å²) in [4.78, 5) is 12.9. The van der Waals surface area contributed by atoms with Crippen LogP contribution in [0, 0.1) is 5.82 Å². The summed E-state index contributed by atoms with van der Waals surface area (Å²) in [5.74, 6) is -0.727. The molecule has 0 aliphatic heterocycles. The van der Waals surface area contributed by atoms with Gasteiger partial charge in [-0.1, -0.05) is 11.6 Å². The van der Waals surface area contributed by atoms with Crippen molar-refractivity contribution in [2.75, 3.05) is 0 Å². The molecule has 0 atom stereocenters. The lowest BCUT2D eigenvalue weighted by Gasteiger charge is -1.98. The van der Waals surface area contributed by atoms with Crippen molar-refractivity contribution in [3.8, 4) is 0 Å². The van der Waals surface area contributed by atoms with Crippen LogP contribution in [-0.4, -0.2) is 6.08 Å². The summed E-state index contributed by atoms with van der Waals surface area (Å²) in [5, 5.41) is -0.0912. The molecule has 1 rings (SSSR count). The maximum absolute atomic E-state index is 13.0. The number of rotatable bonds is 1. The second kappa shape index (κ2) is 3.81. The first-order valence-electron chi connectivity index (χ1n) is 2.88. The van der Waals surface area contributed by atoms with E-state index in [2.05, 4.69) is 20.9 Å². The first-order valence-corrected chi connectivity index (χ1v) is 4.05. The highest BCUT2D eigenvalue weighted by Crippen LogP contribution is 2.31. The van der Waals surface area contributed by atoms with Gasteiger partial charge in [-0.3, -0.25) is 0 Å². The Balaban J connectivity index is 3.35. The Morgan fingerprint density at radius 3 is 2.83 bits per heavy atom. The van der Waals surface area contributed by atoms with Crippen LogP contribution in [0.25, 0.3) is 0 Å². The minimum Gasteiger partial charge on any atom is -0.211 e. The van der Waals surface area contributed by atoms with Gasteiger partial charge >= 0.3 is 0 Å². The summed E-state index contributed by atoms with van der Waals surface area (Å²) in [6.07, 6.45) is 1.23. The van der Waals surface area contributed by atoms with Crippen molar-refractivity contribution in [3.05, 3.63) is 27.4 Å². The molecule has 1 aromatic carbocycles. The molecule has 0 fully saturated rings. The fourth-order valence-corrected chi connectivity index (χ4v) is 1.12. The molecule has 0 saturated carbocycles. The van der Waals surface area contributed by atoms with E-state index in [1.165, 1.54) is 18.2 Å². The van der Waals surface area contributed by atoms with Crippen LogP contribution in [0.1, 0.15) is 0 Å². The Morgan fingerprint density at radius 2 is 2.25 bits per heavy atom. The number of nitrogens with zero attached hydrogens (tertiary/aromatic N) is 1. The van der Waals surface area contributed by atoms with E-state index in [1.807, 2.05) is 0 Å². The smallest absolute Gasteiger partial charge is 0.211 e. The maximum atomic E-state index is 13.0. The summed E-state index contributed by atoms with van der Waals surface area (Å²) in [7, 11) is 0. The fourth-order valence-electron chi connectivity index (χ4n) is 0.651. The van der Waals surface area contributed by atoms with Gasteiger partial charge < -0.3 is 0 Å². The number of halogens is 3. The van der Waals surface area contributed by atoms with Crippen molar-refractivity contribution in [2.24, 2.45) is 4.99 Å². The molecule has 0 amide bonds. The molecular weight excluding hydrogens is 248 g/mol. The van der Waals surface area contributed by atoms with Crippen LogP contribution in [0.5, 0.6) is 0 Å². The quantitative estimate of drug-likeness (QED) is 0.427. The second-order valence-electron chi connectivity index (χ2n) is 1.90. The van der Waals surface area contributed by atoms with Crippen LogP contribution < -0.4 is 0 Å². The van der Waals surface area contributed by atoms with E-state index in [-0.39, 0.29) is 10.7 Å². The maximum Gasteiger partial charge on any atom is 0.240 e. The van der Waals surface area contributed by atoms with E-state index in [1.54, 1.807) is 0 Å². The molecule has 0 bridgehead atoms. The monoisotopic (exact) mass is 249 g/mol. The average Bonchev–Trinajstić information content (AvgIpc) is 2.07. The van der Waals surface area contributed by atoms with Crippen molar-refractivity contribution in [1.29, 1.82) is 0 Å². The topological polar surface area (TPSA) is 29.4 Å². The Bertz CT molecular complexity index is 363. The van der Waals surface area contributed by atoms with E-state index in [4.69, 9.17) is 11.6 Å². The number of benzene rings is 1. The number of aliphatic imine (C=N–C) groups is 1. The lowest BCUT2D eigenvalue weighted by atomic mass is 10.3. The Kier molecular flexibility index (Phi) is 2.98. The van der Waals surface area contributed by atoms with Gasteiger partial charge in [-0.05, 0) is 28.1 Å². The Morgan fingerprint density at radius 1 is 1.58 bits per heavy atom. The van der Waals surface area contributed by atoms with E-state index in [0.29, 0.717) is 4.47 Å². The van der Waals surface area contributed by atoms with Crippen LogP contribution in [0.2, 0.25) is 5.02 Å². The molecule has 5 heteroatoms. The molecule has 0 aliphatic carbocycles. The third-order valence-corrected chi connectivity index (χ3v) is 2.44. The van der Waals surface area contributed by atoms with Gasteiger partial charge in [0.05, 0.1) is 5.02 Å². The van der Waals surface area contributed by atoms with Crippen LogP contribution >= 0.6 is 27.5 Å². The predicted octanol–water partition coefficient (Wildman–Crippen LogP) is 3.21. The molecule has 62 valence electrons. The third-order valence-electron chi connectivity index (χ3n) is 1.18. The fraction of sp³-hybridized carbons (Fsp3) is 0. The van der Waals surface area contributed by atoms with Gasteiger partial charge in [-0.15, -0.1) is 0 Å². The molecule has 1 aromatic rings. The predicted molar refractivity (Wildman–Crippen MR) is 46.9 cm³/mol. The van der Waals surface area contributed by atoms with Gasteiger partial charge in [0.25, 0.3) is 0 Å². The average molecular weight is 250 g/mol. The zero-order chi connectivity index (χ0) is 9.14. The molecule has 0 spiro atoms. The molecule has 0 unspecified atom stereocenters. The molecule has 0 aromatic heterocycles. The minimum atomic E-state index is -0.727. The van der Waals surface area contributed by atoms with E-state index >= 15 is 0 Å². The Hall–Kier alpha value is -0.700. The third kappa shape index (κ3) is 1.72. The number of carbonyl (C=O) groups excluding carboxylic acids is 1. The molecule has 0 N–H and O–H groups in total. The molecule has 2 nitrogen and oxygen atoms in total. The van der Waals surface area contributed by atoms with Crippen LogP contribution in [0.3, 0.4) is 0 Å². The first kappa shape index (κ1) is 9.39. The van der Waals surface area contributed by atoms with Gasteiger partial charge in [-0.25, -0.2) is 9.18 Å². The number of hydrogen-bond donors (Lipinski definition) is 0. The van der Waals surface area contributed by atoms with Gasteiger partial charge in [0.15, 0.2) is 5.82 Å². The summed E-state index contributed by atoms with van der Waals surface area (Å²) < 4.78 is 13.4. The first-order chi connectivity index (χ1) is 5.66. The molecule has 0 radical (unpaired) electrons. The lowest BCUT2D eigenvalue weighted by Crippen LogP contribution is -1.79. The summed E-state index contributed by atoms with van der Waals surface area (Å²) in [6, 6.07) is 2.83. The standard InChI is InChI=1S/C7H2BrClFNO/c8-4-1-2-5(11-3-12)7(10)6(4)9/h1-2H. The van der Waals surface area contributed by atoms with Crippen molar-refractivity contribution in [1.82, 2.24) is 0 Å². The number of hydrogen-bond acceptors (Lipinski definition) is 2. The lowest BCUT2D eigenvalue weighted by molar-refractivity contribution is 0.564. The SMILES string of the molecule is O=C=Nc1ccc(Br)c(Cl)c1F. The largest absolute Gasteiger partial charge is 0.240 e. The summed E-state index contributed by atoms with van der Waals surface area (Å²) in [6.45, 7) is 0. The van der Waals surface area contributed by atoms with E-state index < -0.39 is 5.82 Å². The van der Waals surface area contributed by atoms with E-state index in [9.17, 15) is 9.18 Å². The number of isocyanates is 1. The van der Waals surface area contributed by atoms with Gasteiger partial charge in [0.2, 0.25) is 6.08 Å². The zero-order valence-corrected chi connectivity index (χ0v) is 7.99. The second-order valence-corrected chi connectivity index (χ2v) is 3.13. The normalized spacial score (nSPS) is 9.25. The van der Waals surface area contributed by atoms with Crippen molar-refractivity contribution in [3.63, 3.8) is 0 Å². The molecule has 12 heavy (non-hydrogen) atoms. The molecular formula is C7H2BrClFNO. The van der Waals surface area contributed by atoms with Gasteiger partial charge in [0.1, 0.15) is 5.69 Å². The van der Waals surface area contributed by atoms with Crippen molar-refractivity contribution >= 4 is 39.3 Å². The molecule has 0 saturated heterocycles. The molecule has 0 heterocycles. The van der Waals surface area contributed by atoms with E-state index in [0.717, 1.165) is 0 Å². The van der Waals surface area contributed by atoms with Crippen LogP contribution in [0.15, 0.2) is 21.6 Å². The minimum absolute atomic E-state index is 0.0912. The summed E-state index contributed by atoms with van der Waals surface area (Å²) in [5.41, 5.74) is -0.113. The zero-order valence-electron chi connectivity index (χ0n) is 5.64. The van der Waals surface area contributed by atoms with Crippen LogP contribution in [0.4, 0.5) is 10.1 Å². The Labute approximate surface area is 81.2 Å².